The second kappa shape index (κ2) is 8.33. The molecule has 2 aromatic rings. The number of piperazine rings is 1. The summed E-state index contributed by atoms with van der Waals surface area (Å²) < 4.78 is 18.1. The van der Waals surface area contributed by atoms with E-state index in [2.05, 4.69) is 9.88 Å². The van der Waals surface area contributed by atoms with Crippen LogP contribution in [0.15, 0.2) is 28.7 Å². The minimum Gasteiger partial charge on any atom is -0.441 e. The fraction of sp³-hybridized carbons (Fsp3) is 0.444. The van der Waals surface area contributed by atoms with Crippen LogP contribution in [0.25, 0.3) is 11.5 Å². The summed E-state index contributed by atoms with van der Waals surface area (Å²) in [5.41, 5.74) is 1.30. The number of carbonyl (C=O) groups is 1. The number of oxazole rings is 1. The van der Waals surface area contributed by atoms with E-state index >= 15 is 0 Å². The van der Waals surface area contributed by atoms with Gasteiger partial charge in [0.25, 0.3) is 0 Å². The molecule has 1 aliphatic heterocycles. The highest BCUT2D eigenvalue weighted by atomic mass is 35.5. The number of hydrogen-bond donors (Lipinski definition) is 0. The number of hydrogen-bond acceptors (Lipinski definition) is 5. The highest BCUT2D eigenvalue weighted by molar-refractivity contribution is 7.84. The van der Waals surface area contributed by atoms with Crippen molar-refractivity contribution >= 4 is 28.3 Å². The van der Waals surface area contributed by atoms with Gasteiger partial charge < -0.3 is 14.2 Å². The molecule has 1 amide bonds. The summed E-state index contributed by atoms with van der Waals surface area (Å²) in [4.78, 5) is 20.7. The molecule has 1 atom stereocenters. The average molecular weight is 396 g/mol. The van der Waals surface area contributed by atoms with Gasteiger partial charge in [0.1, 0.15) is 11.5 Å². The van der Waals surface area contributed by atoms with E-state index in [9.17, 15) is 9.00 Å². The first kappa shape index (κ1) is 19.1. The number of benzene rings is 1. The number of amides is 1. The largest absolute Gasteiger partial charge is 0.441 e. The highest BCUT2D eigenvalue weighted by Crippen LogP contribution is 2.28. The molecule has 1 aliphatic rings. The molecule has 140 valence electrons. The minimum absolute atomic E-state index is 0.0113. The molecule has 26 heavy (non-hydrogen) atoms. The van der Waals surface area contributed by atoms with E-state index in [0.717, 1.165) is 13.1 Å². The second-order valence-electron chi connectivity index (χ2n) is 6.41. The Morgan fingerprint density at radius 1 is 1.27 bits per heavy atom. The number of aryl methyl sites for hydroxylation is 1. The van der Waals surface area contributed by atoms with E-state index in [1.807, 2.05) is 25.2 Å². The van der Waals surface area contributed by atoms with Crippen LogP contribution in [-0.4, -0.2) is 63.9 Å². The fourth-order valence-electron chi connectivity index (χ4n) is 2.80. The minimum atomic E-state index is -1.33. The number of rotatable bonds is 5. The van der Waals surface area contributed by atoms with Crippen molar-refractivity contribution in [2.45, 2.75) is 12.7 Å². The Bertz CT molecular complexity index is 816. The maximum absolute atomic E-state index is 12.4. The van der Waals surface area contributed by atoms with E-state index in [1.165, 1.54) is 0 Å². The molecule has 1 saturated heterocycles. The van der Waals surface area contributed by atoms with Crippen molar-refractivity contribution in [1.29, 1.82) is 0 Å². The molecule has 2 heterocycles. The van der Waals surface area contributed by atoms with Gasteiger partial charge in [-0.05, 0) is 26.1 Å². The molecule has 0 N–H and O–H groups in total. The zero-order valence-electron chi connectivity index (χ0n) is 14.9. The van der Waals surface area contributed by atoms with Crippen LogP contribution in [0.4, 0.5) is 0 Å². The van der Waals surface area contributed by atoms with E-state index in [0.29, 0.717) is 41.0 Å². The summed E-state index contributed by atoms with van der Waals surface area (Å²) in [6.07, 6.45) is 0. The van der Waals surface area contributed by atoms with Crippen molar-refractivity contribution in [3.8, 4) is 11.5 Å². The maximum Gasteiger partial charge on any atom is 0.235 e. The summed E-state index contributed by atoms with van der Waals surface area (Å²) in [7, 11) is 0.701. The van der Waals surface area contributed by atoms with Crippen molar-refractivity contribution in [2.24, 2.45) is 0 Å². The Labute approximate surface area is 160 Å². The predicted octanol–water partition coefficient (Wildman–Crippen LogP) is 2.33. The van der Waals surface area contributed by atoms with Gasteiger partial charge in [-0.2, -0.15) is 0 Å². The number of carbonyl (C=O) groups excluding carboxylic acids is 1. The number of likely N-dealkylation sites (N-methyl/N-ethyl adjacent to an activating group) is 1. The number of aromatic nitrogens is 1. The van der Waals surface area contributed by atoms with Crippen LogP contribution in [0.3, 0.4) is 0 Å². The van der Waals surface area contributed by atoms with Crippen LogP contribution in [0, 0.1) is 6.92 Å². The van der Waals surface area contributed by atoms with E-state index < -0.39 is 10.8 Å². The lowest BCUT2D eigenvalue weighted by atomic mass is 10.2. The van der Waals surface area contributed by atoms with Crippen molar-refractivity contribution in [1.82, 2.24) is 14.8 Å². The van der Waals surface area contributed by atoms with Crippen LogP contribution in [0.5, 0.6) is 0 Å². The smallest absolute Gasteiger partial charge is 0.235 e. The van der Waals surface area contributed by atoms with Gasteiger partial charge >= 0.3 is 0 Å². The Kier molecular flexibility index (Phi) is 6.11. The SMILES string of the molecule is Cc1oc(-c2ccccc2Cl)nc1CS(=O)CC(=O)N1CCN(C)CC1. The van der Waals surface area contributed by atoms with Gasteiger partial charge in [0.15, 0.2) is 0 Å². The van der Waals surface area contributed by atoms with Gasteiger partial charge in [0.05, 0.1) is 22.0 Å². The first-order chi connectivity index (χ1) is 12.4. The van der Waals surface area contributed by atoms with E-state index in [1.54, 1.807) is 17.9 Å². The quantitative estimate of drug-likeness (QED) is 0.777. The summed E-state index contributed by atoms with van der Waals surface area (Å²) in [6.45, 7) is 4.85. The zero-order valence-corrected chi connectivity index (χ0v) is 16.5. The number of halogens is 1. The predicted molar refractivity (Wildman–Crippen MR) is 102 cm³/mol. The summed E-state index contributed by atoms with van der Waals surface area (Å²) in [6, 6.07) is 7.28. The van der Waals surface area contributed by atoms with Gasteiger partial charge in [-0.25, -0.2) is 4.98 Å². The molecule has 0 saturated carbocycles. The van der Waals surface area contributed by atoms with Gasteiger partial charge in [-0.1, -0.05) is 23.7 Å². The van der Waals surface area contributed by atoms with Gasteiger partial charge in [-0.3, -0.25) is 9.00 Å². The molecule has 1 fully saturated rings. The third-order valence-electron chi connectivity index (χ3n) is 4.44. The Hall–Kier alpha value is -1.70. The van der Waals surface area contributed by atoms with Gasteiger partial charge in [0, 0.05) is 37.0 Å². The lowest BCUT2D eigenvalue weighted by Crippen LogP contribution is -2.48. The molecule has 0 bridgehead atoms. The highest BCUT2D eigenvalue weighted by Gasteiger charge is 2.22. The fourth-order valence-corrected chi connectivity index (χ4v) is 4.15. The van der Waals surface area contributed by atoms with Gasteiger partial charge in [0.2, 0.25) is 11.8 Å². The van der Waals surface area contributed by atoms with E-state index in [-0.39, 0.29) is 17.4 Å². The molecule has 1 unspecified atom stereocenters. The van der Waals surface area contributed by atoms with Gasteiger partial charge in [-0.15, -0.1) is 0 Å². The van der Waals surface area contributed by atoms with Crippen LogP contribution in [0.1, 0.15) is 11.5 Å². The second-order valence-corrected chi connectivity index (χ2v) is 8.28. The lowest BCUT2D eigenvalue weighted by Gasteiger charge is -2.32. The Balaban J connectivity index is 1.63. The summed E-state index contributed by atoms with van der Waals surface area (Å²) in [5.74, 6) is 1.14. The number of nitrogens with zero attached hydrogens (tertiary/aromatic N) is 3. The molecule has 0 aliphatic carbocycles. The van der Waals surface area contributed by atoms with Crippen LogP contribution < -0.4 is 0 Å². The van der Waals surface area contributed by atoms with E-state index in [4.69, 9.17) is 16.0 Å². The van der Waals surface area contributed by atoms with Crippen LogP contribution in [0.2, 0.25) is 5.02 Å². The average Bonchev–Trinajstić information content (AvgIpc) is 2.96. The molecular weight excluding hydrogens is 374 g/mol. The molecule has 8 heteroatoms. The summed E-state index contributed by atoms with van der Waals surface area (Å²) >= 11 is 6.18. The lowest BCUT2D eigenvalue weighted by molar-refractivity contribution is -0.129. The first-order valence-electron chi connectivity index (χ1n) is 8.46. The molecule has 1 aromatic carbocycles. The van der Waals surface area contributed by atoms with Crippen LogP contribution >= 0.6 is 11.6 Å². The molecule has 6 nitrogen and oxygen atoms in total. The van der Waals surface area contributed by atoms with Crippen molar-refractivity contribution in [2.75, 3.05) is 39.0 Å². The molecule has 1 aromatic heterocycles. The monoisotopic (exact) mass is 395 g/mol. The molecule has 0 spiro atoms. The third kappa shape index (κ3) is 4.52. The maximum atomic E-state index is 12.4. The third-order valence-corrected chi connectivity index (χ3v) is 5.93. The Morgan fingerprint density at radius 2 is 1.96 bits per heavy atom. The molecule has 3 rings (SSSR count). The first-order valence-corrected chi connectivity index (χ1v) is 10.3. The summed E-state index contributed by atoms with van der Waals surface area (Å²) in [5, 5.41) is 0.548. The molecule has 0 radical (unpaired) electrons. The zero-order chi connectivity index (χ0) is 18.7. The normalized spacial score (nSPS) is 16.7. The molecular formula is C18H22ClN3O3S. The topological polar surface area (TPSA) is 66.7 Å². The van der Waals surface area contributed by atoms with Crippen molar-refractivity contribution in [3.05, 3.63) is 40.7 Å². The van der Waals surface area contributed by atoms with Crippen LogP contribution in [-0.2, 0) is 21.3 Å². The van der Waals surface area contributed by atoms with Crippen molar-refractivity contribution in [3.63, 3.8) is 0 Å². The standard InChI is InChI=1S/C18H22ClN3O3S/c1-13-16(20-18(25-13)14-5-3-4-6-15(14)19)11-26(24)12-17(23)22-9-7-21(2)8-10-22/h3-6H,7-12H2,1-2H3. The van der Waals surface area contributed by atoms with Crippen molar-refractivity contribution < 1.29 is 13.4 Å². The Morgan fingerprint density at radius 3 is 2.65 bits per heavy atom.